The van der Waals surface area contributed by atoms with E-state index >= 15 is 0 Å². The minimum Gasteiger partial charge on any atom is -0.396 e. The van der Waals surface area contributed by atoms with Crippen LogP contribution in [0, 0.1) is 11.3 Å². The second kappa shape index (κ2) is 4.93. The van der Waals surface area contributed by atoms with Gasteiger partial charge in [-0.3, -0.25) is 0 Å². The third kappa shape index (κ3) is 2.01. The molecule has 1 saturated heterocycles. The SMILES string of the molecule is Cn1ccnc1Cn1c(C#N)cc(N)c1N1CCCC1. The Hall–Kier alpha value is -2.42. The van der Waals surface area contributed by atoms with E-state index in [9.17, 15) is 5.26 Å². The van der Waals surface area contributed by atoms with E-state index in [1.165, 1.54) is 12.8 Å². The van der Waals surface area contributed by atoms with E-state index in [1.807, 2.05) is 22.4 Å². The van der Waals surface area contributed by atoms with Crippen molar-refractivity contribution in [2.24, 2.45) is 7.05 Å². The van der Waals surface area contributed by atoms with Crippen LogP contribution in [0.4, 0.5) is 11.5 Å². The van der Waals surface area contributed by atoms with Gasteiger partial charge < -0.3 is 19.8 Å². The van der Waals surface area contributed by atoms with Crippen LogP contribution in [0.25, 0.3) is 0 Å². The second-order valence-corrected chi connectivity index (χ2v) is 5.16. The van der Waals surface area contributed by atoms with Crippen LogP contribution in [0.15, 0.2) is 18.5 Å². The molecule has 2 N–H and O–H groups in total. The zero-order valence-corrected chi connectivity index (χ0v) is 11.6. The van der Waals surface area contributed by atoms with E-state index in [2.05, 4.69) is 16.0 Å². The summed E-state index contributed by atoms with van der Waals surface area (Å²) in [6.07, 6.45) is 6.03. The lowest BCUT2D eigenvalue weighted by molar-refractivity contribution is 0.686. The molecule has 1 aliphatic rings. The van der Waals surface area contributed by atoms with Crippen molar-refractivity contribution in [3.63, 3.8) is 0 Å². The van der Waals surface area contributed by atoms with Gasteiger partial charge in [0.25, 0.3) is 0 Å². The van der Waals surface area contributed by atoms with E-state index in [4.69, 9.17) is 5.73 Å². The Labute approximate surface area is 118 Å². The average molecular weight is 270 g/mol. The van der Waals surface area contributed by atoms with Gasteiger partial charge in [0.15, 0.2) is 0 Å². The average Bonchev–Trinajstić information content (AvgIpc) is 3.12. The van der Waals surface area contributed by atoms with Gasteiger partial charge in [-0.15, -0.1) is 0 Å². The van der Waals surface area contributed by atoms with E-state index in [1.54, 1.807) is 12.3 Å². The number of aromatic nitrogens is 3. The molecular formula is C14H18N6. The fourth-order valence-corrected chi connectivity index (χ4v) is 2.78. The lowest BCUT2D eigenvalue weighted by Crippen LogP contribution is -2.23. The number of nitrogens with zero attached hydrogens (tertiary/aromatic N) is 5. The summed E-state index contributed by atoms with van der Waals surface area (Å²) < 4.78 is 3.94. The van der Waals surface area contributed by atoms with Crippen molar-refractivity contribution in [2.75, 3.05) is 23.7 Å². The van der Waals surface area contributed by atoms with Crippen molar-refractivity contribution in [2.45, 2.75) is 19.4 Å². The molecular weight excluding hydrogens is 252 g/mol. The highest BCUT2D eigenvalue weighted by atomic mass is 15.3. The minimum absolute atomic E-state index is 0.565. The van der Waals surface area contributed by atoms with Gasteiger partial charge in [-0.1, -0.05) is 0 Å². The fourth-order valence-electron chi connectivity index (χ4n) is 2.78. The Balaban J connectivity index is 2.03. The van der Waals surface area contributed by atoms with Crippen LogP contribution in [-0.4, -0.2) is 27.2 Å². The first-order valence-electron chi connectivity index (χ1n) is 6.81. The summed E-state index contributed by atoms with van der Waals surface area (Å²) in [6.45, 7) is 2.56. The number of imidazole rings is 1. The Kier molecular flexibility index (Phi) is 3.11. The fraction of sp³-hybridized carbons (Fsp3) is 0.429. The van der Waals surface area contributed by atoms with E-state index in [0.29, 0.717) is 17.9 Å². The standard InChI is InChI=1S/C14H18N6/c1-18-7-4-17-13(18)10-20-11(9-15)8-12(16)14(20)19-5-2-3-6-19/h4,7-8H,2-3,5-6,10,16H2,1H3. The number of nitrogens with two attached hydrogens (primary N) is 1. The molecule has 0 bridgehead atoms. The van der Waals surface area contributed by atoms with Gasteiger partial charge >= 0.3 is 0 Å². The molecule has 3 heterocycles. The van der Waals surface area contributed by atoms with E-state index < -0.39 is 0 Å². The summed E-state index contributed by atoms with van der Waals surface area (Å²) in [6, 6.07) is 3.99. The maximum absolute atomic E-state index is 9.32. The van der Waals surface area contributed by atoms with Crippen LogP contribution < -0.4 is 10.6 Å². The maximum atomic E-state index is 9.32. The van der Waals surface area contributed by atoms with Crippen molar-refractivity contribution < 1.29 is 0 Å². The Morgan fingerprint density at radius 1 is 1.40 bits per heavy atom. The number of hydrogen-bond acceptors (Lipinski definition) is 4. The number of rotatable bonds is 3. The van der Waals surface area contributed by atoms with Crippen LogP contribution in [0.1, 0.15) is 24.4 Å². The predicted octanol–water partition coefficient (Wildman–Crippen LogP) is 1.32. The first kappa shape index (κ1) is 12.6. The van der Waals surface area contributed by atoms with Crippen molar-refractivity contribution in [3.05, 3.63) is 30.0 Å². The van der Waals surface area contributed by atoms with Gasteiger partial charge in [0.1, 0.15) is 23.4 Å². The van der Waals surface area contributed by atoms with Crippen LogP contribution in [-0.2, 0) is 13.6 Å². The Morgan fingerprint density at radius 2 is 2.15 bits per heavy atom. The minimum atomic E-state index is 0.565. The van der Waals surface area contributed by atoms with Crippen LogP contribution in [0.5, 0.6) is 0 Å². The molecule has 104 valence electrons. The van der Waals surface area contributed by atoms with Crippen LogP contribution in [0.2, 0.25) is 0 Å². The molecule has 0 unspecified atom stereocenters. The summed E-state index contributed by atoms with van der Waals surface area (Å²) in [5, 5.41) is 9.32. The van der Waals surface area contributed by atoms with Gasteiger partial charge in [-0.25, -0.2) is 4.98 Å². The molecule has 1 aliphatic heterocycles. The molecule has 0 radical (unpaired) electrons. The molecule has 2 aromatic rings. The zero-order chi connectivity index (χ0) is 14.1. The molecule has 0 aliphatic carbocycles. The molecule has 2 aromatic heterocycles. The number of aryl methyl sites for hydroxylation is 1. The largest absolute Gasteiger partial charge is 0.396 e. The summed E-state index contributed by atoms with van der Waals surface area (Å²) in [5.74, 6) is 1.87. The molecule has 6 nitrogen and oxygen atoms in total. The molecule has 0 amide bonds. The monoisotopic (exact) mass is 270 g/mol. The highest BCUT2D eigenvalue weighted by molar-refractivity contribution is 5.68. The summed E-state index contributed by atoms with van der Waals surface area (Å²) in [5.41, 5.74) is 7.39. The first-order chi connectivity index (χ1) is 9.70. The molecule has 0 aromatic carbocycles. The Bertz CT molecular complexity index is 654. The highest BCUT2D eigenvalue weighted by Gasteiger charge is 2.22. The third-order valence-electron chi connectivity index (χ3n) is 3.84. The molecule has 0 atom stereocenters. The maximum Gasteiger partial charge on any atom is 0.133 e. The van der Waals surface area contributed by atoms with E-state index in [0.717, 1.165) is 24.7 Å². The summed E-state index contributed by atoms with van der Waals surface area (Å²) in [7, 11) is 1.96. The lowest BCUT2D eigenvalue weighted by atomic mass is 10.4. The number of anilines is 2. The molecule has 3 rings (SSSR count). The van der Waals surface area contributed by atoms with Gasteiger partial charge in [-0.05, 0) is 18.9 Å². The zero-order valence-electron chi connectivity index (χ0n) is 11.6. The van der Waals surface area contributed by atoms with E-state index in [-0.39, 0.29) is 0 Å². The summed E-state index contributed by atoms with van der Waals surface area (Å²) in [4.78, 5) is 6.60. The van der Waals surface area contributed by atoms with Gasteiger partial charge in [0, 0.05) is 32.5 Å². The summed E-state index contributed by atoms with van der Waals surface area (Å²) >= 11 is 0. The quantitative estimate of drug-likeness (QED) is 0.912. The third-order valence-corrected chi connectivity index (χ3v) is 3.84. The Morgan fingerprint density at radius 3 is 2.75 bits per heavy atom. The first-order valence-corrected chi connectivity index (χ1v) is 6.81. The predicted molar refractivity (Wildman–Crippen MR) is 77.3 cm³/mol. The highest BCUT2D eigenvalue weighted by Crippen LogP contribution is 2.31. The molecule has 20 heavy (non-hydrogen) atoms. The van der Waals surface area contributed by atoms with Gasteiger partial charge in [0.05, 0.1) is 12.2 Å². The normalized spacial score (nSPS) is 14.7. The lowest BCUT2D eigenvalue weighted by Gasteiger charge is -2.21. The van der Waals surface area contributed by atoms with Crippen LogP contribution in [0.3, 0.4) is 0 Å². The van der Waals surface area contributed by atoms with Crippen molar-refractivity contribution in [3.8, 4) is 6.07 Å². The molecule has 0 spiro atoms. The number of nitriles is 1. The molecule has 6 heteroatoms. The number of hydrogen-bond donors (Lipinski definition) is 1. The van der Waals surface area contributed by atoms with Gasteiger partial charge in [0.2, 0.25) is 0 Å². The van der Waals surface area contributed by atoms with Gasteiger partial charge in [-0.2, -0.15) is 5.26 Å². The van der Waals surface area contributed by atoms with Crippen molar-refractivity contribution >= 4 is 11.5 Å². The number of nitrogen functional groups attached to an aromatic ring is 1. The topological polar surface area (TPSA) is 75.8 Å². The van der Waals surface area contributed by atoms with Crippen molar-refractivity contribution in [1.29, 1.82) is 5.26 Å². The second-order valence-electron chi connectivity index (χ2n) is 5.16. The molecule has 0 saturated carbocycles. The van der Waals surface area contributed by atoms with Crippen LogP contribution >= 0.6 is 0 Å². The molecule has 1 fully saturated rings. The van der Waals surface area contributed by atoms with Crippen molar-refractivity contribution in [1.82, 2.24) is 14.1 Å². The smallest absolute Gasteiger partial charge is 0.133 e.